The van der Waals surface area contributed by atoms with Gasteiger partial charge in [0.05, 0.1) is 22.8 Å². The number of urea groups is 1. The molecule has 0 saturated heterocycles. The van der Waals surface area contributed by atoms with E-state index < -0.39 is 0 Å². The molecule has 35 heavy (non-hydrogen) atoms. The normalized spacial score (nSPS) is 11.1. The molecule has 3 N–H and O–H groups in total. The minimum Gasteiger partial charge on any atom is -0.348 e. The maximum absolute atomic E-state index is 13.3. The molecule has 2 aromatic heterocycles. The van der Waals surface area contributed by atoms with Crippen molar-refractivity contribution in [3.05, 3.63) is 78.0 Å². The van der Waals surface area contributed by atoms with Crippen LogP contribution in [0.2, 0.25) is 0 Å². The minimum atomic E-state index is -0.251. The third kappa shape index (κ3) is 5.66. The summed E-state index contributed by atoms with van der Waals surface area (Å²) < 4.78 is 1.83. The fraction of sp³-hybridized carbons (Fsp3) is 0.259. The number of carbonyl (C=O) groups is 2. The van der Waals surface area contributed by atoms with Crippen molar-refractivity contribution in [2.75, 3.05) is 5.32 Å². The highest BCUT2D eigenvalue weighted by Crippen LogP contribution is 2.26. The van der Waals surface area contributed by atoms with E-state index in [9.17, 15) is 9.59 Å². The molecule has 0 spiro atoms. The number of fused-ring (bicyclic) bond motifs is 1. The standard InChI is InChI=1S/C27H30N6O2/c1-17(2)30-27(35)31-21-12-10-19(11-13-21)15-28-26(34)22-14-24(20-8-6-5-7-9-20)32-25-23(22)16-29-33(25)18(3)4/h5-14,16-18H,15H2,1-4H3,(H,28,34)(H2,30,31,35). The van der Waals surface area contributed by atoms with Gasteiger partial charge in [0.25, 0.3) is 5.91 Å². The Labute approximate surface area is 204 Å². The first-order valence-electron chi connectivity index (χ1n) is 11.7. The van der Waals surface area contributed by atoms with Gasteiger partial charge < -0.3 is 16.0 Å². The molecule has 4 rings (SSSR count). The molecule has 8 nitrogen and oxygen atoms in total. The van der Waals surface area contributed by atoms with E-state index in [2.05, 4.69) is 21.0 Å². The average molecular weight is 471 g/mol. The highest BCUT2D eigenvalue weighted by molar-refractivity contribution is 6.06. The molecule has 2 aromatic carbocycles. The first-order valence-corrected chi connectivity index (χ1v) is 11.7. The largest absolute Gasteiger partial charge is 0.348 e. The van der Waals surface area contributed by atoms with Crippen LogP contribution in [0.4, 0.5) is 10.5 Å². The second kappa shape index (κ2) is 10.4. The number of nitrogens with one attached hydrogen (secondary N) is 3. The van der Waals surface area contributed by atoms with Gasteiger partial charge in [0.15, 0.2) is 5.65 Å². The maximum atomic E-state index is 13.3. The predicted molar refractivity (Wildman–Crippen MR) is 138 cm³/mol. The van der Waals surface area contributed by atoms with Crippen molar-refractivity contribution >= 4 is 28.7 Å². The van der Waals surface area contributed by atoms with Gasteiger partial charge in [0.2, 0.25) is 0 Å². The topological polar surface area (TPSA) is 101 Å². The molecule has 0 fully saturated rings. The van der Waals surface area contributed by atoms with Crippen LogP contribution in [-0.2, 0) is 6.54 Å². The van der Waals surface area contributed by atoms with E-state index in [1.165, 1.54) is 0 Å². The monoisotopic (exact) mass is 470 g/mol. The summed E-state index contributed by atoms with van der Waals surface area (Å²) in [6.07, 6.45) is 1.70. The van der Waals surface area contributed by atoms with Gasteiger partial charge in [-0.1, -0.05) is 42.5 Å². The fourth-order valence-corrected chi connectivity index (χ4v) is 3.75. The van der Waals surface area contributed by atoms with E-state index in [0.717, 1.165) is 16.8 Å². The van der Waals surface area contributed by atoms with Crippen LogP contribution in [0.1, 0.15) is 49.7 Å². The number of anilines is 1. The molecular weight excluding hydrogens is 440 g/mol. The SMILES string of the molecule is CC(C)NC(=O)Nc1ccc(CNC(=O)c2cc(-c3ccccc3)nc3c2cnn3C(C)C)cc1. The van der Waals surface area contributed by atoms with Gasteiger partial charge in [0.1, 0.15) is 0 Å². The summed E-state index contributed by atoms with van der Waals surface area (Å²) in [6.45, 7) is 8.22. The Kier molecular flexibility index (Phi) is 7.10. The lowest BCUT2D eigenvalue weighted by Gasteiger charge is -2.12. The molecule has 2 heterocycles. The van der Waals surface area contributed by atoms with E-state index >= 15 is 0 Å². The van der Waals surface area contributed by atoms with E-state index in [4.69, 9.17) is 4.98 Å². The summed E-state index contributed by atoms with van der Waals surface area (Å²) in [5, 5.41) is 13.8. The summed E-state index contributed by atoms with van der Waals surface area (Å²) >= 11 is 0. The fourth-order valence-electron chi connectivity index (χ4n) is 3.75. The molecule has 0 aliphatic heterocycles. The summed E-state index contributed by atoms with van der Waals surface area (Å²) in [6, 6.07) is 18.9. The number of rotatable bonds is 7. The Morgan fingerprint density at radius 1 is 0.971 bits per heavy atom. The van der Waals surface area contributed by atoms with E-state index in [-0.39, 0.29) is 24.0 Å². The third-order valence-electron chi connectivity index (χ3n) is 5.45. The molecule has 3 amide bonds. The van der Waals surface area contributed by atoms with Crippen molar-refractivity contribution in [3.8, 4) is 11.3 Å². The Morgan fingerprint density at radius 2 is 1.69 bits per heavy atom. The van der Waals surface area contributed by atoms with Crippen LogP contribution in [0.3, 0.4) is 0 Å². The molecule has 0 radical (unpaired) electrons. The van der Waals surface area contributed by atoms with Crippen molar-refractivity contribution in [1.29, 1.82) is 0 Å². The van der Waals surface area contributed by atoms with Crippen LogP contribution in [0, 0.1) is 0 Å². The van der Waals surface area contributed by atoms with Crippen LogP contribution in [0.25, 0.3) is 22.3 Å². The molecule has 0 bridgehead atoms. The smallest absolute Gasteiger partial charge is 0.319 e. The molecule has 0 aliphatic rings. The zero-order valence-corrected chi connectivity index (χ0v) is 20.4. The summed E-state index contributed by atoms with van der Waals surface area (Å²) in [5.74, 6) is -0.198. The van der Waals surface area contributed by atoms with Crippen molar-refractivity contribution < 1.29 is 9.59 Å². The summed E-state index contributed by atoms with van der Waals surface area (Å²) in [5.41, 5.74) is 4.47. The van der Waals surface area contributed by atoms with E-state index in [1.54, 1.807) is 6.20 Å². The van der Waals surface area contributed by atoms with Crippen LogP contribution in [0.15, 0.2) is 66.9 Å². The van der Waals surface area contributed by atoms with Gasteiger partial charge in [0, 0.05) is 29.9 Å². The zero-order chi connectivity index (χ0) is 24.9. The molecule has 0 saturated carbocycles. The first kappa shape index (κ1) is 23.9. The number of hydrogen-bond acceptors (Lipinski definition) is 4. The Morgan fingerprint density at radius 3 is 2.34 bits per heavy atom. The van der Waals surface area contributed by atoms with Gasteiger partial charge in [-0.3, -0.25) is 4.79 Å². The predicted octanol–water partition coefficient (Wildman–Crippen LogP) is 5.14. The first-order chi connectivity index (χ1) is 16.8. The number of amides is 3. The van der Waals surface area contributed by atoms with Gasteiger partial charge in [-0.05, 0) is 51.5 Å². The molecule has 4 aromatic rings. The number of hydrogen-bond donors (Lipinski definition) is 3. The summed E-state index contributed by atoms with van der Waals surface area (Å²) in [7, 11) is 0. The molecule has 0 unspecified atom stereocenters. The average Bonchev–Trinajstić information content (AvgIpc) is 3.27. The van der Waals surface area contributed by atoms with Gasteiger partial charge in [-0.15, -0.1) is 0 Å². The maximum Gasteiger partial charge on any atom is 0.319 e. The van der Waals surface area contributed by atoms with Crippen molar-refractivity contribution in [2.45, 2.75) is 46.3 Å². The minimum absolute atomic E-state index is 0.0548. The van der Waals surface area contributed by atoms with Crippen LogP contribution in [-0.4, -0.2) is 32.7 Å². The molecule has 0 aliphatic carbocycles. The highest BCUT2D eigenvalue weighted by atomic mass is 16.2. The lowest BCUT2D eigenvalue weighted by molar-refractivity contribution is 0.0952. The second-order valence-corrected chi connectivity index (χ2v) is 8.97. The third-order valence-corrected chi connectivity index (χ3v) is 5.45. The molecular formula is C27H30N6O2. The number of pyridine rings is 1. The van der Waals surface area contributed by atoms with Gasteiger partial charge in [-0.2, -0.15) is 5.10 Å². The lowest BCUT2D eigenvalue weighted by Crippen LogP contribution is -2.34. The van der Waals surface area contributed by atoms with Crippen molar-refractivity contribution in [3.63, 3.8) is 0 Å². The van der Waals surface area contributed by atoms with E-state index in [1.807, 2.05) is 93.0 Å². The number of nitrogens with zero attached hydrogens (tertiary/aromatic N) is 3. The zero-order valence-electron chi connectivity index (χ0n) is 20.4. The number of aromatic nitrogens is 3. The van der Waals surface area contributed by atoms with Crippen LogP contribution in [0.5, 0.6) is 0 Å². The van der Waals surface area contributed by atoms with Crippen molar-refractivity contribution in [1.82, 2.24) is 25.4 Å². The lowest BCUT2D eigenvalue weighted by atomic mass is 10.1. The van der Waals surface area contributed by atoms with Crippen LogP contribution < -0.4 is 16.0 Å². The number of carbonyl (C=O) groups excluding carboxylic acids is 2. The van der Waals surface area contributed by atoms with Gasteiger partial charge >= 0.3 is 6.03 Å². The number of benzene rings is 2. The van der Waals surface area contributed by atoms with E-state index in [0.29, 0.717) is 28.8 Å². The molecule has 180 valence electrons. The van der Waals surface area contributed by atoms with Crippen molar-refractivity contribution in [2.24, 2.45) is 0 Å². The molecule has 0 atom stereocenters. The second-order valence-electron chi connectivity index (χ2n) is 8.97. The Hall–Kier alpha value is -4.20. The van der Waals surface area contributed by atoms with Crippen LogP contribution >= 0.6 is 0 Å². The molecule has 8 heteroatoms. The van der Waals surface area contributed by atoms with Gasteiger partial charge in [-0.25, -0.2) is 14.5 Å². The highest BCUT2D eigenvalue weighted by Gasteiger charge is 2.18. The summed E-state index contributed by atoms with van der Waals surface area (Å²) in [4.78, 5) is 30.0. The Balaban J connectivity index is 1.54. The quantitative estimate of drug-likeness (QED) is 0.348. The Bertz CT molecular complexity index is 1330.